The van der Waals surface area contributed by atoms with E-state index in [1.165, 1.54) is 12.1 Å². The highest BCUT2D eigenvalue weighted by Crippen LogP contribution is 2.30. The molecule has 1 saturated heterocycles. The first-order chi connectivity index (χ1) is 11.9. The van der Waals surface area contributed by atoms with Gasteiger partial charge < -0.3 is 10.2 Å². The molecule has 6 heteroatoms. The number of anilines is 2. The van der Waals surface area contributed by atoms with Gasteiger partial charge in [-0.3, -0.25) is 9.59 Å². The van der Waals surface area contributed by atoms with E-state index in [0.29, 0.717) is 12.2 Å². The van der Waals surface area contributed by atoms with Gasteiger partial charge in [0.25, 0.3) is 0 Å². The Morgan fingerprint density at radius 1 is 1.28 bits per heavy atom. The highest BCUT2D eigenvalue weighted by molar-refractivity contribution is 6.33. The Morgan fingerprint density at radius 2 is 2.04 bits per heavy atom. The molecule has 1 heterocycles. The third kappa shape index (κ3) is 3.51. The molecule has 0 radical (unpaired) electrons. The zero-order valence-corrected chi connectivity index (χ0v) is 14.7. The maximum atomic E-state index is 13.1. The van der Waals surface area contributed by atoms with Crippen LogP contribution >= 0.6 is 11.6 Å². The van der Waals surface area contributed by atoms with Crippen molar-refractivity contribution in [2.45, 2.75) is 20.3 Å². The molecule has 2 aromatic rings. The van der Waals surface area contributed by atoms with Crippen molar-refractivity contribution in [2.75, 3.05) is 16.8 Å². The molecular weight excluding hydrogens is 343 g/mol. The third-order valence-electron chi connectivity index (χ3n) is 4.55. The number of benzene rings is 2. The number of carbonyl (C=O) groups excluding carboxylic acids is 2. The Balaban J connectivity index is 1.75. The first-order valence-corrected chi connectivity index (χ1v) is 8.37. The molecule has 130 valence electrons. The first-order valence-electron chi connectivity index (χ1n) is 7.99. The zero-order valence-electron chi connectivity index (χ0n) is 14.0. The van der Waals surface area contributed by atoms with Crippen molar-refractivity contribution in [1.29, 1.82) is 0 Å². The minimum atomic E-state index is -0.478. The predicted molar refractivity (Wildman–Crippen MR) is 96.4 cm³/mol. The third-order valence-corrected chi connectivity index (χ3v) is 4.86. The van der Waals surface area contributed by atoms with E-state index in [0.717, 1.165) is 22.9 Å². The molecule has 0 bridgehead atoms. The van der Waals surface area contributed by atoms with Gasteiger partial charge in [0, 0.05) is 18.7 Å². The molecule has 1 atom stereocenters. The summed E-state index contributed by atoms with van der Waals surface area (Å²) >= 11 is 5.94. The number of hydrogen-bond acceptors (Lipinski definition) is 2. The minimum Gasteiger partial charge on any atom is -0.324 e. The highest BCUT2D eigenvalue weighted by atomic mass is 35.5. The van der Waals surface area contributed by atoms with Gasteiger partial charge in [-0.1, -0.05) is 23.7 Å². The number of nitrogens with zero attached hydrogens (tertiary/aromatic N) is 1. The Hall–Kier alpha value is -2.40. The van der Waals surface area contributed by atoms with Crippen molar-refractivity contribution in [3.05, 3.63) is 58.4 Å². The van der Waals surface area contributed by atoms with Crippen molar-refractivity contribution in [3.8, 4) is 0 Å². The van der Waals surface area contributed by atoms with Crippen LogP contribution in [0.1, 0.15) is 17.5 Å². The predicted octanol–water partition coefficient (Wildman–Crippen LogP) is 4.09. The second-order valence-corrected chi connectivity index (χ2v) is 6.65. The standard InChI is InChI=1S/C19H18ClFN2O2/c1-11-4-3-5-17(12(11)2)23-10-13(8-18(23)24)19(25)22-16-7-6-14(21)9-15(16)20/h3-7,9,13H,8,10H2,1-2H3,(H,22,25). The van der Waals surface area contributed by atoms with Crippen LogP contribution in [0.25, 0.3) is 0 Å². The Morgan fingerprint density at radius 3 is 2.76 bits per heavy atom. The molecule has 0 aliphatic carbocycles. The van der Waals surface area contributed by atoms with E-state index < -0.39 is 11.7 Å². The molecule has 2 aromatic carbocycles. The summed E-state index contributed by atoms with van der Waals surface area (Å²) in [6.45, 7) is 4.26. The number of carbonyl (C=O) groups is 2. The summed E-state index contributed by atoms with van der Waals surface area (Å²) in [6, 6.07) is 9.55. The van der Waals surface area contributed by atoms with E-state index in [1.807, 2.05) is 32.0 Å². The molecule has 1 aliphatic heterocycles. The quantitative estimate of drug-likeness (QED) is 0.896. The van der Waals surface area contributed by atoms with Crippen LogP contribution in [0.3, 0.4) is 0 Å². The Labute approximate surface area is 150 Å². The molecule has 0 aromatic heterocycles. The lowest BCUT2D eigenvalue weighted by molar-refractivity contribution is -0.122. The molecule has 0 spiro atoms. The lowest BCUT2D eigenvalue weighted by Crippen LogP contribution is -2.28. The van der Waals surface area contributed by atoms with Gasteiger partial charge in [-0.25, -0.2) is 4.39 Å². The van der Waals surface area contributed by atoms with Crippen LogP contribution in [0.4, 0.5) is 15.8 Å². The first kappa shape index (κ1) is 17.4. The summed E-state index contributed by atoms with van der Waals surface area (Å²) in [4.78, 5) is 26.5. The van der Waals surface area contributed by atoms with Crippen molar-refractivity contribution >= 4 is 34.8 Å². The van der Waals surface area contributed by atoms with E-state index in [4.69, 9.17) is 11.6 Å². The second-order valence-electron chi connectivity index (χ2n) is 6.24. The summed E-state index contributed by atoms with van der Waals surface area (Å²) in [5.41, 5.74) is 3.29. The largest absolute Gasteiger partial charge is 0.324 e. The van der Waals surface area contributed by atoms with E-state index >= 15 is 0 Å². The summed E-state index contributed by atoms with van der Waals surface area (Å²) < 4.78 is 13.1. The molecule has 1 unspecified atom stereocenters. The van der Waals surface area contributed by atoms with Gasteiger partial charge in [0.15, 0.2) is 0 Å². The number of halogens is 2. The summed E-state index contributed by atoms with van der Waals surface area (Å²) in [5, 5.41) is 2.81. The van der Waals surface area contributed by atoms with Crippen LogP contribution in [0.5, 0.6) is 0 Å². The topological polar surface area (TPSA) is 49.4 Å². The zero-order chi connectivity index (χ0) is 18.1. The number of nitrogens with one attached hydrogen (secondary N) is 1. The minimum absolute atomic E-state index is 0.0842. The van der Waals surface area contributed by atoms with Crippen molar-refractivity contribution < 1.29 is 14.0 Å². The van der Waals surface area contributed by atoms with Crippen molar-refractivity contribution in [2.24, 2.45) is 5.92 Å². The molecule has 4 nitrogen and oxygen atoms in total. The van der Waals surface area contributed by atoms with E-state index in [2.05, 4.69) is 5.32 Å². The van der Waals surface area contributed by atoms with Gasteiger partial charge in [-0.2, -0.15) is 0 Å². The van der Waals surface area contributed by atoms with Gasteiger partial charge in [0.05, 0.1) is 16.6 Å². The van der Waals surface area contributed by atoms with Crippen LogP contribution in [0.2, 0.25) is 5.02 Å². The average Bonchev–Trinajstić information content (AvgIpc) is 2.94. The van der Waals surface area contributed by atoms with Crippen LogP contribution in [0.15, 0.2) is 36.4 Å². The maximum Gasteiger partial charge on any atom is 0.229 e. The van der Waals surface area contributed by atoms with Gasteiger partial charge in [0.2, 0.25) is 11.8 Å². The fraction of sp³-hybridized carbons (Fsp3) is 0.263. The molecule has 1 fully saturated rings. The average molecular weight is 361 g/mol. The lowest BCUT2D eigenvalue weighted by atomic mass is 10.1. The number of hydrogen-bond donors (Lipinski definition) is 1. The van der Waals surface area contributed by atoms with E-state index in [9.17, 15) is 14.0 Å². The van der Waals surface area contributed by atoms with Crippen LogP contribution in [-0.4, -0.2) is 18.4 Å². The molecule has 3 rings (SSSR count). The van der Waals surface area contributed by atoms with Crippen LogP contribution in [0, 0.1) is 25.6 Å². The van der Waals surface area contributed by atoms with Crippen LogP contribution < -0.4 is 10.2 Å². The SMILES string of the molecule is Cc1cccc(N2CC(C(=O)Nc3ccc(F)cc3Cl)CC2=O)c1C. The van der Waals surface area contributed by atoms with Gasteiger partial charge >= 0.3 is 0 Å². The Bertz CT molecular complexity index is 853. The lowest BCUT2D eigenvalue weighted by Gasteiger charge is -2.20. The fourth-order valence-corrected chi connectivity index (χ4v) is 3.18. The number of amides is 2. The molecule has 1 aliphatic rings. The summed E-state index contributed by atoms with van der Waals surface area (Å²) in [5.74, 6) is -1.33. The number of rotatable bonds is 3. The molecule has 0 saturated carbocycles. The maximum absolute atomic E-state index is 13.1. The molecule has 2 amide bonds. The molecular formula is C19H18ClFN2O2. The number of aryl methyl sites for hydroxylation is 1. The Kier molecular flexibility index (Phi) is 4.77. The summed E-state index contributed by atoms with van der Waals surface area (Å²) in [7, 11) is 0. The van der Waals surface area contributed by atoms with E-state index in [-0.39, 0.29) is 23.3 Å². The smallest absolute Gasteiger partial charge is 0.229 e. The van der Waals surface area contributed by atoms with Crippen molar-refractivity contribution in [1.82, 2.24) is 0 Å². The van der Waals surface area contributed by atoms with Crippen molar-refractivity contribution in [3.63, 3.8) is 0 Å². The second kappa shape index (κ2) is 6.84. The van der Waals surface area contributed by atoms with Gasteiger partial charge in [-0.05, 0) is 49.2 Å². The van der Waals surface area contributed by atoms with Gasteiger partial charge in [0.1, 0.15) is 5.82 Å². The fourth-order valence-electron chi connectivity index (χ4n) is 2.97. The van der Waals surface area contributed by atoms with Gasteiger partial charge in [-0.15, -0.1) is 0 Å². The van der Waals surface area contributed by atoms with Crippen LogP contribution in [-0.2, 0) is 9.59 Å². The normalized spacial score (nSPS) is 17.0. The van der Waals surface area contributed by atoms with E-state index in [1.54, 1.807) is 4.90 Å². The molecule has 1 N–H and O–H groups in total. The monoisotopic (exact) mass is 360 g/mol. The highest BCUT2D eigenvalue weighted by Gasteiger charge is 2.36. The summed E-state index contributed by atoms with van der Waals surface area (Å²) in [6.07, 6.45) is 0.137. The molecule has 25 heavy (non-hydrogen) atoms.